The Morgan fingerprint density at radius 3 is 2.89 bits per heavy atom. The highest BCUT2D eigenvalue weighted by molar-refractivity contribution is 9.10. The number of anilines is 1. The second-order valence-corrected chi connectivity index (χ2v) is 5.82. The molecule has 1 aromatic carbocycles. The molecule has 0 saturated heterocycles. The quantitative estimate of drug-likeness (QED) is 0.861. The molecule has 2 aromatic rings. The Hall–Kier alpha value is -1.33. The number of hydrogen-bond acceptors (Lipinski definition) is 3. The molecule has 0 aliphatic carbocycles. The molecule has 1 N–H and O–H groups in total. The van der Waals surface area contributed by atoms with Gasteiger partial charge in [-0.3, -0.25) is 4.79 Å². The molecule has 0 unspecified atom stereocenters. The highest BCUT2D eigenvalue weighted by Crippen LogP contribution is 2.20. The number of carbonyl (C=O) groups is 1. The second kappa shape index (κ2) is 6.73. The van der Waals surface area contributed by atoms with Gasteiger partial charge in [-0.1, -0.05) is 33.8 Å². The molecule has 1 aromatic heterocycles. The van der Waals surface area contributed by atoms with E-state index in [1.165, 1.54) is 11.8 Å². The standard InChI is InChI=1S/C14H13BrN2OS/c1-10-8-11(5-6-12(10)15)17-13(18)9-19-14-4-2-3-7-16-14/h2-8H,9H2,1H3,(H,17,18). The van der Waals surface area contributed by atoms with Crippen molar-refractivity contribution in [3.05, 3.63) is 52.6 Å². The maximum absolute atomic E-state index is 11.8. The van der Waals surface area contributed by atoms with E-state index in [-0.39, 0.29) is 5.91 Å². The van der Waals surface area contributed by atoms with Crippen LogP contribution in [0.4, 0.5) is 5.69 Å². The lowest BCUT2D eigenvalue weighted by Crippen LogP contribution is -2.14. The number of pyridine rings is 1. The van der Waals surface area contributed by atoms with Crippen molar-refractivity contribution in [2.24, 2.45) is 0 Å². The van der Waals surface area contributed by atoms with Gasteiger partial charge in [0.25, 0.3) is 0 Å². The van der Waals surface area contributed by atoms with E-state index in [2.05, 4.69) is 26.2 Å². The van der Waals surface area contributed by atoms with Gasteiger partial charge in [-0.2, -0.15) is 0 Å². The smallest absolute Gasteiger partial charge is 0.234 e. The van der Waals surface area contributed by atoms with Crippen molar-refractivity contribution in [3.8, 4) is 0 Å². The Balaban J connectivity index is 1.89. The third kappa shape index (κ3) is 4.36. The molecule has 0 spiro atoms. The maximum atomic E-state index is 11.8. The Labute approximate surface area is 125 Å². The minimum absolute atomic E-state index is 0.0302. The number of amides is 1. The van der Waals surface area contributed by atoms with Crippen molar-refractivity contribution in [1.29, 1.82) is 0 Å². The number of nitrogens with one attached hydrogen (secondary N) is 1. The summed E-state index contributed by atoms with van der Waals surface area (Å²) in [5, 5.41) is 3.72. The van der Waals surface area contributed by atoms with Crippen LogP contribution in [0.5, 0.6) is 0 Å². The summed E-state index contributed by atoms with van der Waals surface area (Å²) in [5.74, 6) is 0.323. The molecular formula is C14H13BrN2OS. The number of carbonyl (C=O) groups excluding carboxylic acids is 1. The van der Waals surface area contributed by atoms with E-state index in [9.17, 15) is 4.79 Å². The van der Waals surface area contributed by atoms with Gasteiger partial charge in [-0.05, 0) is 42.8 Å². The third-order valence-electron chi connectivity index (χ3n) is 2.43. The molecule has 0 aliphatic rings. The van der Waals surface area contributed by atoms with Crippen LogP contribution in [0.2, 0.25) is 0 Å². The Morgan fingerprint density at radius 2 is 2.21 bits per heavy atom. The van der Waals surface area contributed by atoms with Crippen LogP contribution in [0.15, 0.2) is 52.1 Å². The largest absolute Gasteiger partial charge is 0.325 e. The summed E-state index contributed by atoms with van der Waals surface area (Å²) >= 11 is 4.85. The average Bonchev–Trinajstić information content (AvgIpc) is 2.42. The Morgan fingerprint density at radius 1 is 1.37 bits per heavy atom. The first-order valence-corrected chi connectivity index (χ1v) is 7.53. The molecule has 0 radical (unpaired) electrons. The molecule has 1 amide bonds. The van der Waals surface area contributed by atoms with Crippen molar-refractivity contribution in [3.63, 3.8) is 0 Å². The number of halogens is 1. The minimum Gasteiger partial charge on any atom is -0.325 e. The van der Waals surface area contributed by atoms with E-state index in [1.807, 2.05) is 43.3 Å². The predicted octanol–water partition coefficient (Wildman–Crippen LogP) is 3.88. The van der Waals surface area contributed by atoms with Gasteiger partial charge in [-0.15, -0.1) is 0 Å². The van der Waals surface area contributed by atoms with E-state index in [0.29, 0.717) is 5.75 Å². The molecule has 0 bridgehead atoms. The van der Waals surface area contributed by atoms with E-state index < -0.39 is 0 Å². The summed E-state index contributed by atoms with van der Waals surface area (Å²) in [6.07, 6.45) is 1.72. The number of rotatable bonds is 4. The van der Waals surface area contributed by atoms with Gasteiger partial charge in [0.2, 0.25) is 5.91 Å². The van der Waals surface area contributed by atoms with E-state index in [4.69, 9.17) is 0 Å². The Kier molecular flexibility index (Phi) is 4.99. The van der Waals surface area contributed by atoms with Crippen molar-refractivity contribution < 1.29 is 4.79 Å². The first kappa shape index (κ1) is 14.1. The number of thioether (sulfide) groups is 1. The molecule has 98 valence electrons. The zero-order chi connectivity index (χ0) is 13.7. The SMILES string of the molecule is Cc1cc(NC(=O)CSc2ccccn2)ccc1Br. The molecule has 1 heterocycles. The summed E-state index contributed by atoms with van der Waals surface area (Å²) in [5.41, 5.74) is 1.91. The third-order valence-corrected chi connectivity index (χ3v) is 4.26. The monoisotopic (exact) mass is 336 g/mol. The van der Waals surface area contributed by atoms with Crippen LogP contribution in [-0.2, 0) is 4.79 Å². The zero-order valence-corrected chi connectivity index (χ0v) is 12.8. The van der Waals surface area contributed by atoms with Gasteiger partial charge in [0, 0.05) is 16.4 Å². The molecule has 5 heteroatoms. The zero-order valence-electron chi connectivity index (χ0n) is 10.4. The van der Waals surface area contributed by atoms with Gasteiger partial charge >= 0.3 is 0 Å². The summed E-state index contributed by atoms with van der Waals surface area (Å²) in [4.78, 5) is 16.0. The van der Waals surface area contributed by atoms with Crippen molar-refractivity contribution in [2.75, 3.05) is 11.1 Å². The summed E-state index contributed by atoms with van der Waals surface area (Å²) < 4.78 is 1.04. The summed E-state index contributed by atoms with van der Waals surface area (Å²) in [6, 6.07) is 11.4. The van der Waals surface area contributed by atoms with Crippen molar-refractivity contribution >= 4 is 39.3 Å². The fourth-order valence-corrected chi connectivity index (χ4v) is 2.40. The molecular weight excluding hydrogens is 324 g/mol. The molecule has 0 atom stereocenters. The first-order chi connectivity index (χ1) is 9.15. The fraction of sp³-hybridized carbons (Fsp3) is 0.143. The van der Waals surface area contributed by atoms with E-state index in [0.717, 1.165) is 20.7 Å². The van der Waals surface area contributed by atoms with Gasteiger partial charge in [-0.25, -0.2) is 4.98 Å². The number of aromatic nitrogens is 1. The lowest BCUT2D eigenvalue weighted by molar-refractivity contribution is -0.113. The molecule has 2 rings (SSSR count). The van der Waals surface area contributed by atoms with E-state index in [1.54, 1.807) is 6.20 Å². The number of benzene rings is 1. The van der Waals surface area contributed by atoms with Gasteiger partial charge in [0.05, 0.1) is 10.8 Å². The highest BCUT2D eigenvalue weighted by Gasteiger charge is 2.05. The maximum Gasteiger partial charge on any atom is 0.234 e. The van der Waals surface area contributed by atoms with Crippen LogP contribution >= 0.6 is 27.7 Å². The molecule has 0 aliphatic heterocycles. The van der Waals surface area contributed by atoms with Gasteiger partial charge in [0.1, 0.15) is 0 Å². The van der Waals surface area contributed by atoms with Crippen LogP contribution < -0.4 is 5.32 Å². The van der Waals surface area contributed by atoms with E-state index >= 15 is 0 Å². The first-order valence-electron chi connectivity index (χ1n) is 5.75. The summed E-state index contributed by atoms with van der Waals surface area (Å²) in [7, 11) is 0. The van der Waals surface area contributed by atoms with Crippen LogP contribution in [0.25, 0.3) is 0 Å². The molecule has 0 fully saturated rings. The van der Waals surface area contributed by atoms with Gasteiger partial charge in [0.15, 0.2) is 0 Å². The van der Waals surface area contributed by atoms with Gasteiger partial charge < -0.3 is 5.32 Å². The highest BCUT2D eigenvalue weighted by atomic mass is 79.9. The van der Waals surface area contributed by atoms with Crippen molar-refractivity contribution in [2.45, 2.75) is 11.9 Å². The lowest BCUT2D eigenvalue weighted by atomic mass is 10.2. The number of hydrogen-bond donors (Lipinski definition) is 1. The fourth-order valence-electron chi connectivity index (χ4n) is 1.49. The van der Waals surface area contributed by atoms with Crippen LogP contribution in [0.3, 0.4) is 0 Å². The van der Waals surface area contributed by atoms with Crippen LogP contribution in [-0.4, -0.2) is 16.6 Å². The summed E-state index contributed by atoms with van der Waals surface area (Å²) in [6.45, 7) is 1.99. The van der Waals surface area contributed by atoms with Crippen LogP contribution in [0, 0.1) is 6.92 Å². The molecule has 19 heavy (non-hydrogen) atoms. The second-order valence-electron chi connectivity index (χ2n) is 3.97. The molecule has 3 nitrogen and oxygen atoms in total. The topological polar surface area (TPSA) is 42.0 Å². The number of nitrogens with zero attached hydrogens (tertiary/aromatic N) is 1. The minimum atomic E-state index is -0.0302. The van der Waals surface area contributed by atoms with Crippen LogP contribution in [0.1, 0.15) is 5.56 Å². The normalized spacial score (nSPS) is 10.2. The lowest BCUT2D eigenvalue weighted by Gasteiger charge is -2.06. The number of aryl methyl sites for hydroxylation is 1. The Bertz CT molecular complexity index is 575. The molecule has 0 saturated carbocycles. The predicted molar refractivity (Wildman–Crippen MR) is 82.5 cm³/mol. The van der Waals surface area contributed by atoms with Crippen molar-refractivity contribution in [1.82, 2.24) is 4.98 Å². The average molecular weight is 337 g/mol.